The summed E-state index contributed by atoms with van der Waals surface area (Å²) in [6, 6.07) is 17.4. The van der Waals surface area contributed by atoms with Gasteiger partial charge in [0.25, 0.3) is 5.91 Å². The Kier molecular flexibility index (Phi) is 8.15. The van der Waals surface area contributed by atoms with Gasteiger partial charge in [0.1, 0.15) is 5.70 Å². The summed E-state index contributed by atoms with van der Waals surface area (Å²) in [5.41, 5.74) is 8.35. The van der Waals surface area contributed by atoms with Crippen molar-refractivity contribution in [2.24, 2.45) is 5.73 Å². The maximum Gasteiger partial charge on any atom is 0.270 e. The van der Waals surface area contributed by atoms with Gasteiger partial charge in [0.2, 0.25) is 11.8 Å². The van der Waals surface area contributed by atoms with E-state index in [0.717, 1.165) is 16.7 Å². The van der Waals surface area contributed by atoms with Crippen molar-refractivity contribution in [3.63, 3.8) is 0 Å². The predicted molar refractivity (Wildman–Crippen MR) is 114 cm³/mol. The topological polar surface area (TPSA) is 92.5 Å². The molecule has 0 heterocycles. The highest BCUT2D eigenvalue weighted by Gasteiger charge is 2.20. The van der Waals surface area contributed by atoms with Crippen molar-refractivity contribution < 1.29 is 14.4 Å². The summed E-state index contributed by atoms with van der Waals surface area (Å²) >= 11 is 0. The van der Waals surface area contributed by atoms with Crippen molar-refractivity contribution in [1.29, 1.82) is 0 Å². The zero-order valence-corrected chi connectivity index (χ0v) is 16.9. The molecule has 0 saturated carbocycles. The van der Waals surface area contributed by atoms with E-state index >= 15 is 0 Å². The van der Waals surface area contributed by atoms with Crippen molar-refractivity contribution in [3.8, 4) is 0 Å². The second kappa shape index (κ2) is 10.8. The Bertz CT molecular complexity index is 891. The molecule has 0 unspecified atom stereocenters. The van der Waals surface area contributed by atoms with Crippen LogP contribution in [0, 0.1) is 6.92 Å². The predicted octanol–water partition coefficient (Wildman–Crippen LogP) is 2.42. The second-order valence-electron chi connectivity index (χ2n) is 6.84. The minimum Gasteiger partial charge on any atom is -0.370 e. The van der Waals surface area contributed by atoms with Gasteiger partial charge in [-0.1, -0.05) is 54.6 Å². The minimum absolute atomic E-state index is 0.0538. The summed E-state index contributed by atoms with van der Waals surface area (Å²) < 4.78 is 0. The van der Waals surface area contributed by atoms with Gasteiger partial charge in [-0.2, -0.15) is 0 Å². The lowest BCUT2D eigenvalue weighted by atomic mass is 10.1. The van der Waals surface area contributed by atoms with E-state index < -0.39 is 5.91 Å². The van der Waals surface area contributed by atoms with Crippen LogP contribution >= 0.6 is 0 Å². The third-order valence-corrected chi connectivity index (χ3v) is 4.46. The lowest BCUT2D eigenvalue weighted by Gasteiger charge is -2.24. The SMILES string of the molecule is CC(=O)N/C(=C\c1ccccc1C)C(=O)N(CCC(N)=O)CCc1ccccc1. The molecule has 2 rings (SSSR count). The number of rotatable bonds is 9. The summed E-state index contributed by atoms with van der Waals surface area (Å²) in [6.45, 7) is 3.88. The van der Waals surface area contributed by atoms with Crippen LogP contribution in [0.3, 0.4) is 0 Å². The molecule has 0 bridgehead atoms. The fourth-order valence-electron chi connectivity index (χ4n) is 2.88. The molecule has 0 saturated heterocycles. The molecule has 0 fully saturated rings. The van der Waals surface area contributed by atoms with Crippen LogP contribution in [0.1, 0.15) is 30.0 Å². The summed E-state index contributed by atoms with van der Waals surface area (Å²) in [5.74, 6) is -1.16. The highest BCUT2D eigenvalue weighted by atomic mass is 16.2. The largest absolute Gasteiger partial charge is 0.370 e. The molecule has 0 aromatic heterocycles. The molecule has 0 radical (unpaired) electrons. The van der Waals surface area contributed by atoms with Crippen LogP contribution in [0.5, 0.6) is 0 Å². The zero-order chi connectivity index (χ0) is 21.2. The number of nitrogens with zero attached hydrogens (tertiary/aromatic N) is 1. The Balaban J connectivity index is 2.28. The molecule has 0 aliphatic heterocycles. The molecule has 0 spiro atoms. The molecular weight excluding hydrogens is 366 g/mol. The molecule has 3 N–H and O–H groups in total. The lowest BCUT2D eigenvalue weighted by molar-refractivity contribution is -0.130. The average molecular weight is 393 g/mol. The normalized spacial score (nSPS) is 11.0. The van der Waals surface area contributed by atoms with Crippen LogP contribution in [0.4, 0.5) is 0 Å². The van der Waals surface area contributed by atoms with Gasteiger partial charge in [-0.25, -0.2) is 0 Å². The number of aryl methyl sites for hydroxylation is 1. The van der Waals surface area contributed by atoms with Crippen LogP contribution in [-0.2, 0) is 20.8 Å². The van der Waals surface area contributed by atoms with E-state index in [-0.39, 0.29) is 30.5 Å². The summed E-state index contributed by atoms with van der Waals surface area (Å²) in [7, 11) is 0. The molecule has 6 heteroatoms. The van der Waals surface area contributed by atoms with E-state index in [4.69, 9.17) is 5.73 Å². The molecule has 152 valence electrons. The van der Waals surface area contributed by atoms with E-state index in [2.05, 4.69) is 5.32 Å². The van der Waals surface area contributed by atoms with Gasteiger partial charge in [0, 0.05) is 26.4 Å². The number of primary amides is 1. The van der Waals surface area contributed by atoms with Crippen molar-refractivity contribution in [2.45, 2.75) is 26.7 Å². The standard InChI is InChI=1S/C23H27N3O3/c1-17-8-6-7-11-20(17)16-21(25-18(2)27)23(29)26(15-13-22(24)28)14-12-19-9-4-3-5-10-19/h3-11,16H,12-15H2,1-2H3,(H2,24,28)(H,25,27)/b21-16-. The smallest absolute Gasteiger partial charge is 0.270 e. The van der Waals surface area contributed by atoms with Gasteiger partial charge in [-0.3, -0.25) is 14.4 Å². The van der Waals surface area contributed by atoms with Crippen LogP contribution in [0.15, 0.2) is 60.3 Å². The van der Waals surface area contributed by atoms with Crippen molar-refractivity contribution in [1.82, 2.24) is 10.2 Å². The second-order valence-corrected chi connectivity index (χ2v) is 6.84. The number of carbonyl (C=O) groups excluding carboxylic acids is 3. The molecule has 3 amide bonds. The molecule has 6 nitrogen and oxygen atoms in total. The van der Waals surface area contributed by atoms with Gasteiger partial charge < -0.3 is 16.0 Å². The third-order valence-electron chi connectivity index (χ3n) is 4.46. The van der Waals surface area contributed by atoms with Gasteiger partial charge in [-0.05, 0) is 36.1 Å². The van der Waals surface area contributed by atoms with Gasteiger partial charge in [0.15, 0.2) is 0 Å². The first-order chi connectivity index (χ1) is 13.9. The summed E-state index contributed by atoms with van der Waals surface area (Å²) in [5, 5.41) is 2.64. The van der Waals surface area contributed by atoms with Crippen LogP contribution in [0.25, 0.3) is 6.08 Å². The summed E-state index contributed by atoms with van der Waals surface area (Å²) in [4.78, 5) is 37.8. The Labute approximate surface area is 171 Å². The van der Waals surface area contributed by atoms with Crippen molar-refractivity contribution in [2.75, 3.05) is 13.1 Å². The highest BCUT2D eigenvalue weighted by Crippen LogP contribution is 2.13. The fraction of sp³-hybridized carbons (Fsp3) is 0.261. The Morgan fingerprint density at radius 3 is 2.28 bits per heavy atom. The van der Waals surface area contributed by atoms with E-state index in [1.165, 1.54) is 6.92 Å². The Morgan fingerprint density at radius 2 is 1.66 bits per heavy atom. The molecule has 0 atom stereocenters. The summed E-state index contributed by atoms with van der Waals surface area (Å²) in [6.07, 6.45) is 2.35. The Hall–Kier alpha value is -3.41. The highest BCUT2D eigenvalue weighted by molar-refractivity contribution is 6.01. The number of nitrogens with two attached hydrogens (primary N) is 1. The third kappa shape index (κ3) is 7.25. The molecule has 29 heavy (non-hydrogen) atoms. The molecule has 2 aromatic rings. The Morgan fingerprint density at radius 1 is 1.00 bits per heavy atom. The monoisotopic (exact) mass is 393 g/mol. The number of hydrogen-bond donors (Lipinski definition) is 2. The average Bonchev–Trinajstić information content (AvgIpc) is 2.69. The number of hydrogen-bond acceptors (Lipinski definition) is 3. The molecular formula is C23H27N3O3. The fourth-order valence-corrected chi connectivity index (χ4v) is 2.88. The number of amides is 3. The minimum atomic E-state index is -0.480. The van der Waals surface area contributed by atoms with E-state index in [0.29, 0.717) is 13.0 Å². The number of carbonyl (C=O) groups is 3. The van der Waals surface area contributed by atoms with E-state index in [1.54, 1.807) is 11.0 Å². The quantitative estimate of drug-likeness (QED) is 0.641. The van der Waals surface area contributed by atoms with Gasteiger partial charge >= 0.3 is 0 Å². The zero-order valence-electron chi connectivity index (χ0n) is 16.9. The first-order valence-corrected chi connectivity index (χ1v) is 9.53. The van der Waals surface area contributed by atoms with Gasteiger partial charge in [-0.15, -0.1) is 0 Å². The number of nitrogens with one attached hydrogen (secondary N) is 1. The van der Waals surface area contributed by atoms with E-state index in [9.17, 15) is 14.4 Å². The lowest BCUT2D eigenvalue weighted by Crippen LogP contribution is -2.40. The van der Waals surface area contributed by atoms with E-state index in [1.807, 2.05) is 61.5 Å². The first kappa shape index (κ1) is 21.9. The molecule has 0 aliphatic rings. The van der Waals surface area contributed by atoms with Gasteiger partial charge in [0.05, 0.1) is 0 Å². The first-order valence-electron chi connectivity index (χ1n) is 9.53. The van der Waals surface area contributed by atoms with Crippen LogP contribution in [-0.4, -0.2) is 35.7 Å². The molecule has 2 aromatic carbocycles. The van der Waals surface area contributed by atoms with Crippen molar-refractivity contribution in [3.05, 3.63) is 77.0 Å². The maximum atomic E-state index is 13.2. The maximum absolute atomic E-state index is 13.2. The van der Waals surface area contributed by atoms with Crippen molar-refractivity contribution >= 4 is 23.8 Å². The molecule has 0 aliphatic carbocycles. The van der Waals surface area contributed by atoms with Crippen LogP contribution in [0.2, 0.25) is 0 Å². The number of benzene rings is 2. The van der Waals surface area contributed by atoms with Crippen LogP contribution < -0.4 is 11.1 Å².